The first kappa shape index (κ1) is 10.7. The van der Waals surface area contributed by atoms with Crippen LogP contribution in [-0.2, 0) is 6.54 Å². The summed E-state index contributed by atoms with van der Waals surface area (Å²) in [4.78, 5) is 0. The van der Waals surface area contributed by atoms with Crippen LogP contribution >= 0.6 is 11.3 Å². The van der Waals surface area contributed by atoms with Gasteiger partial charge in [0.2, 0.25) is 5.13 Å². The van der Waals surface area contributed by atoms with Crippen LogP contribution in [0.5, 0.6) is 0 Å². The molecule has 88 valence electrons. The van der Waals surface area contributed by atoms with E-state index in [1.807, 2.05) is 0 Å². The van der Waals surface area contributed by atoms with Crippen molar-refractivity contribution in [2.45, 2.75) is 25.3 Å². The van der Waals surface area contributed by atoms with E-state index in [2.05, 4.69) is 15.5 Å². The Morgan fingerprint density at radius 1 is 1.24 bits per heavy atom. The molecule has 0 atom stereocenters. The molecule has 0 spiro atoms. The van der Waals surface area contributed by atoms with Crippen molar-refractivity contribution in [1.82, 2.24) is 10.2 Å². The summed E-state index contributed by atoms with van der Waals surface area (Å²) in [5, 5.41) is 13.4. The minimum atomic E-state index is -0.208. The number of aromatic nitrogens is 2. The molecule has 1 aliphatic rings. The van der Waals surface area contributed by atoms with Gasteiger partial charge < -0.3 is 5.32 Å². The lowest BCUT2D eigenvalue weighted by Gasteiger charge is -2.01. The lowest BCUT2D eigenvalue weighted by molar-refractivity contribution is 0.627. The second-order valence-corrected chi connectivity index (χ2v) is 5.21. The summed E-state index contributed by atoms with van der Waals surface area (Å²) in [6, 6.07) is 6.47. The number of rotatable bonds is 4. The molecule has 1 fully saturated rings. The van der Waals surface area contributed by atoms with Crippen molar-refractivity contribution >= 4 is 16.5 Å². The maximum absolute atomic E-state index is 12.7. The summed E-state index contributed by atoms with van der Waals surface area (Å²) in [6.07, 6.45) is 2.49. The van der Waals surface area contributed by atoms with E-state index in [1.165, 1.54) is 25.0 Å². The highest BCUT2D eigenvalue weighted by Crippen LogP contribution is 2.42. The maximum Gasteiger partial charge on any atom is 0.205 e. The van der Waals surface area contributed by atoms with Gasteiger partial charge in [-0.3, -0.25) is 0 Å². The van der Waals surface area contributed by atoms with E-state index in [-0.39, 0.29) is 5.82 Å². The number of halogens is 1. The Kier molecular flexibility index (Phi) is 2.76. The molecule has 1 heterocycles. The first-order valence-electron chi connectivity index (χ1n) is 5.63. The van der Waals surface area contributed by atoms with Crippen molar-refractivity contribution in [2.24, 2.45) is 0 Å². The molecule has 0 amide bonds. The minimum absolute atomic E-state index is 0.208. The van der Waals surface area contributed by atoms with E-state index < -0.39 is 0 Å². The van der Waals surface area contributed by atoms with Crippen LogP contribution in [0.2, 0.25) is 0 Å². The van der Waals surface area contributed by atoms with E-state index in [9.17, 15) is 4.39 Å². The predicted molar refractivity (Wildman–Crippen MR) is 65.6 cm³/mol. The predicted octanol–water partition coefficient (Wildman–Crippen LogP) is 3.17. The van der Waals surface area contributed by atoms with Gasteiger partial charge in [-0.25, -0.2) is 4.39 Å². The van der Waals surface area contributed by atoms with Crippen LogP contribution in [0.1, 0.15) is 29.3 Å². The fraction of sp³-hybridized carbons (Fsp3) is 0.333. The number of hydrogen-bond donors (Lipinski definition) is 1. The van der Waals surface area contributed by atoms with Crippen LogP contribution < -0.4 is 5.32 Å². The maximum atomic E-state index is 12.7. The van der Waals surface area contributed by atoms with Crippen LogP contribution in [0.3, 0.4) is 0 Å². The number of nitrogens with zero attached hydrogens (tertiary/aromatic N) is 2. The Morgan fingerprint density at radius 3 is 2.71 bits per heavy atom. The smallest absolute Gasteiger partial charge is 0.205 e. The average molecular weight is 249 g/mol. The van der Waals surface area contributed by atoms with Gasteiger partial charge in [0.15, 0.2) is 0 Å². The lowest BCUT2D eigenvalue weighted by atomic mass is 10.2. The highest BCUT2D eigenvalue weighted by atomic mass is 32.1. The van der Waals surface area contributed by atoms with E-state index in [1.54, 1.807) is 23.5 Å². The number of hydrogen-bond acceptors (Lipinski definition) is 4. The summed E-state index contributed by atoms with van der Waals surface area (Å²) >= 11 is 1.62. The summed E-state index contributed by atoms with van der Waals surface area (Å²) < 4.78 is 12.7. The molecule has 0 aliphatic heterocycles. The zero-order chi connectivity index (χ0) is 11.7. The lowest BCUT2D eigenvalue weighted by Crippen LogP contribution is -1.98. The van der Waals surface area contributed by atoms with Crippen LogP contribution in [0.25, 0.3) is 0 Å². The molecule has 0 radical (unpaired) electrons. The van der Waals surface area contributed by atoms with Crippen molar-refractivity contribution in [2.75, 3.05) is 5.32 Å². The Labute approximate surface area is 103 Å². The summed E-state index contributed by atoms with van der Waals surface area (Å²) in [5.41, 5.74) is 1.04. The Bertz CT molecular complexity index is 505. The monoisotopic (exact) mass is 249 g/mol. The Hall–Kier alpha value is -1.49. The summed E-state index contributed by atoms with van der Waals surface area (Å²) in [6.45, 7) is 0.652. The fourth-order valence-corrected chi connectivity index (χ4v) is 2.49. The van der Waals surface area contributed by atoms with E-state index >= 15 is 0 Å². The summed E-state index contributed by atoms with van der Waals surface area (Å²) in [7, 11) is 0. The number of benzene rings is 1. The van der Waals surface area contributed by atoms with Crippen LogP contribution in [0, 0.1) is 5.82 Å². The third-order valence-electron chi connectivity index (χ3n) is 2.72. The van der Waals surface area contributed by atoms with Gasteiger partial charge in [-0.2, -0.15) is 0 Å². The molecule has 1 aromatic carbocycles. The molecule has 3 rings (SSSR count). The third-order valence-corrected chi connectivity index (χ3v) is 3.77. The fourth-order valence-electron chi connectivity index (χ4n) is 1.58. The normalized spacial score (nSPS) is 14.9. The molecular weight excluding hydrogens is 237 g/mol. The van der Waals surface area contributed by atoms with Gasteiger partial charge in [0.25, 0.3) is 0 Å². The van der Waals surface area contributed by atoms with Crippen LogP contribution in [-0.4, -0.2) is 10.2 Å². The molecule has 3 nitrogen and oxygen atoms in total. The standard InChI is InChI=1S/C12H12FN3S/c13-10-5-1-8(2-6-10)7-14-12-16-15-11(17-12)9-3-4-9/h1-2,5-6,9H,3-4,7H2,(H,14,16). The highest BCUT2D eigenvalue weighted by Gasteiger charge is 2.27. The van der Waals surface area contributed by atoms with Gasteiger partial charge in [0, 0.05) is 12.5 Å². The molecule has 0 saturated heterocycles. The van der Waals surface area contributed by atoms with E-state index in [4.69, 9.17) is 0 Å². The second-order valence-electron chi connectivity index (χ2n) is 4.20. The van der Waals surface area contributed by atoms with Gasteiger partial charge in [-0.15, -0.1) is 10.2 Å². The molecular formula is C12H12FN3S. The van der Waals surface area contributed by atoms with Crippen molar-refractivity contribution in [3.63, 3.8) is 0 Å². The zero-order valence-electron chi connectivity index (χ0n) is 9.19. The molecule has 5 heteroatoms. The van der Waals surface area contributed by atoms with Crippen molar-refractivity contribution in [3.8, 4) is 0 Å². The largest absolute Gasteiger partial charge is 0.356 e. The SMILES string of the molecule is Fc1ccc(CNc2nnc(C3CC3)s2)cc1. The molecule has 0 bridgehead atoms. The number of nitrogens with one attached hydrogen (secondary N) is 1. The Balaban J connectivity index is 1.60. The third kappa shape index (κ3) is 2.61. The van der Waals surface area contributed by atoms with Gasteiger partial charge in [0.1, 0.15) is 10.8 Å². The molecule has 1 aliphatic carbocycles. The average Bonchev–Trinajstić information content (AvgIpc) is 3.09. The first-order chi connectivity index (χ1) is 8.31. The second kappa shape index (κ2) is 4.41. The van der Waals surface area contributed by atoms with Crippen molar-refractivity contribution in [3.05, 3.63) is 40.7 Å². The van der Waals surface area contributed by atoms with Crippen molar-refractivity contribution in [1.29, 1.82) is 0 Å². The van der Waals surface area contributed by atoms with Gasteiger partial charge in [-0.05, 0) is 30.5 Å². The van der Waals surface area contributed by atoms with E-state index in [0.29, 0.717) is 12.5 Å². The molecule has 1 N–H and O–H groups in total. The molecule has 1 saturated carbocycles. The molecule has 17 heavy (non-hydrogen) atoms. The minimum Gasteiger partial charge on any atom is -0.356 e. The van der Waals surface area contributed by atoms with Crippen LogP contribution in [0.15, 0.2) is 24.3 Å². The van der Waals surface area contributed by atoms with Crippen molar-refractivity contribution < 1.29 is 4.39 Å². The van der Waals surface area contributed by atoms with Gasteiger partial charge in [-0.1, -0.05) is 23.5 Å². The zero-order valence-corrected chi connectivity index (χ0v) is 10.0. The quantitative estimate of drug-likeness (QED) is 0.904. The van der Waals surface area contributed by atoms with E-state index in [0.717, 1.165) is 15.7 Å². The number of anilines is 1. The van der Waals surface area contributed by atoms with Gasteiger partial charge in [0.05, 0.1) is 0 Å². The molecule has 1 aromatic heterocycles. The summed E-state index contributed by atoms with van der Waals surface area (Å²) in [5.74, 6) is 0.439. The molecule has 2 aromatic rings. The van der Waals surface area contributed by atoms with Gasteiger partial charge >= 0.3 is 0 Å². The Morgan fingerprint density at radius 2 is 2.00 bits per heavy atom. The first-order valence-corrected chi connectivity index (χ1v) is 6.44. The topological polar surface area (TPSA) is 37.8 Å². The van der Waals surface area contributed by atoms with Crippen LogP contribution in [0.4, 0.5) is 9.52 Å². The highest BCUT2D eigenvalue weighted by molar-refractivity contribution is 7.15. The molecule has 0 unspecified atom stereocenters.